The Kier molecular flexibility index (Phi) is 7.25. The van der Waals surface area contributed by atoms with Gasteiger partial charge in [-0.3, -0.25) is 4.68 Å². The second-order valence-electron chi connectivity index (χ2n) is 9.54. The first kappa shape index (κ1) is 24.6. The molecule has 2 aromatic carbocycles. The largest absolute Gasteiger partial charge is 0.443 e. The Labute approximate surface area is 199 Å². The van der Waals surface area contributed by atoms with Gasteiger partial charge in [-0.05, 0) is 48.9 Å². The first-order valence-electron chi connectivity index (χ1n) is 11.8. The smallest absolute Gasteiger partial charge is 0.243 e. The maximum Gasteiger partial charge on any atom is 0.243 e. The SMILES string of the molecule is CC(C)c1ccc(Cc2cccc3c2c(O[C@@H]2O[C@H](CO)[C@@H](O)[C@H](O)[C@H]2O)nn3C(C)C)cc1. The van der Waals surface area contributed by atoms with Gasteiger partial charge in [-0.2, -0.15) is 0 Å². The molecule has 1 aliphatic heterocycles. The van der Waals surface area contributed by atoms with Gasteiger partial charge >= 0.3 is 0 Å². The lowest BCUT2D eigenvalue weighted by Gasteiger charge is -2.39. The molecule has 5 atom stereocenters. The van der Waals surface area contributed by atoms with E-state index in [2.05, 4.69) is 43.2 Å². The molecule has 1 saturated heterocycles. The number of aliphatic hydroxyl groups excluding tert-OH is 4. The van der Waals surface area contributed by atoms with Crippen molar-refractivity contribution in [1.29, 1.82) is 0 Å². The van der Waals surface area contributed by atoms with Crippen molar-refractivity contribution < 1.29 is 29.9 Å². The van der Waals surface area contributed by atoms with Crippen molar-refractivity contribution in [2.45, 2.75) is 76.8 Å². The molecule has 1 aliphatic rings. The van der Waals surface area contributed by atoms with Gasteiger partial charge in [0.2, 0.25) is 12.2 Å². The lowest BCUT2D eigenvalue weighted by molar-refractivity contribution is -0.278. The topological polar surface area (TPSA) is 117 Å². The van der Waals surface area contributed by atoms with Crippen LogP contribution in [0.3, 0.4) is 0 Å². The lowest BCUT2D eigenvalue weighted by atomic mass is 9.97. The van der Waals surface area contributed by atoms with E-state index < -0.39 is 37.3 Å². The summed E-state index contributed by atoms with van der Waals surface area (Å²) in [6.07, 6.45) is -6.17. The second kappa shape index (κ2) is 10.0. The van der Waals surface area contributed by atoms with Crippen LogP contribution in [0.25, 0.3) is 10.9 Å². The minimum Gasteiger partial charge on any atom is -0.443 e. The highest BCUT2D eigenvalue weighted by atomic mass is 16.7. The van der Waals surface area contributed by atoms with E-state index in [-0.39, 0.29) is 11.9 Å². The van der Waals surface area contributed by atoms with E-state index in [1.165, 1.54) is 5.56 Å². The van der Waals surface area contributed by atoms with E-state index in [1.54, 1.807) is 0 Å². The second-order valence-corrected chi connectivity index (χ2v) is 9.54. The van der Waals surface area contributed by atoms with Crippen molar-refractivity contribution in [2.24, 2.45) is 0 Å². The van der Waals surface area contributed by atoms with Gasteiger partial charge < -0.3 is 29.9 Å². The summed E-state index contributed by atoms with van der Waals surface area (Å²) in [5.41, 5.74) is 4.31. The van der Waals surface area contributed by atoms with Gasteiger partial charge in [0, 0.05) is 6.04 Å². The highest BCUT2D eigenvalue weighted by Crippen LogP contribution is 2.34. The molecule has 3 aromatic rings. The fraction of sp³-hybridized carbons (Fsp3) is 0.500. The van der Waals surface area contributed by atoms with Gasteiger partial charge in [0.1, 0.15) is 24.4 Å². The van der Waals surface area contributed by atoms with Crippen LogP contribution >= 0.6 is 0 Å². The van der Waals surface area contributed by atoms with Crippen LogP contribution < -0.4 is 4.74 Å². The highest BCUT2D eigenvalue weighted by molar-refractivity contribution is 5.88. The number of nitrogens with zero attached hydrogens (tertiary/aromatic N) is 2. The Hall–Kier alpha value is -2.49. The van der Waals surface area contributed by atoms with Crippen LogP contribution in [0.2, 0.25) is 0 Å². The molecular weight excluding hydrogens is 436 g/mol. The number of fused-ring (bicyclic) bond motifs is 1. The van der Waals surface area contributed by atoms with Crippen molar-refractivity contribution in [3.63, 3.8) is 0 Å². The number of aromatic nitrogens is 2. The molecule has 0 amide bonds. The average molecular weight is 471 g/mol. The summed E-state index contributed by atoms with van der Waals surface area (Å²) in [5, 5.41) is 45.7. The van der Waals surface area contributed by atoms with Gasteiger partial charge in [-0.25, -0.2) is 0 Å². The van der Waals surface area contributed by atoms with Crippen LogP contribution in [0.5, 0.6) is 5.88 Å². The maximum absolute atomic E-state index is 10.5. The van der Waals surface area contributed by atoms with Gasteiger partial charge in [0.15, 0.2) is 0 Å². The van der Waals surface area contributed by atoms with Crippen molar-refractivity contribution in [1.82, 2.24) is 9.78 Å². The molecule has 8 nitrogen and oxygen atoms in total. The number of rotatable bonds is 7. The molecule has 1 fully saturated rings. The first-order valence-corrected chi connectivity index (χ1v) is 11.8. The highest BCUT2D eigenvalue weighted by Gasteiger charge is 2.45. The maximum atomic E-state index is 10.5. The van der Waals surface area contributed by atoms with E-state index in [0.29, 0.717) is 12.3 Å². The summed E-state index contributed by atoms with van der Waals surface area (Å²) in [5.74, 6) is 0.725. The standard InChI is InChI=1S/C26H34N2O6/c1-14(2)17-10-8-16(9-11-17)12-18-6-5-7-19-21(18)25(27-28(19)15(3)4)34-26-24(32)23(31)22(30)20(13-29)33-26/h5-11,14-15,20,22-24,26,29-32H,12-13H2,1-4H3/t20-,22-,23+,24-,26+/m1/s1. The molecule has 8 heteroatoms. The van der Waals surface area contributed by atoms with Gasteiger partial charge in [0.25, 0.3) is 0 Å². The number of hydrogen-bond donors (Lipinski definition) is 4. The predicted octanol–water partition coefficient (Wildman–Crippen LogP) is 2.51. The Morgan fingerprint density at radius 2 is 1.68 bits per heavy atom. The van der Waals surface area contributed by atoms with Gasteiger partial charge in [0.05, 0.1) is 17.5 Å². The quantitative estimate of drug-likeness (QED) is 0.419. The first-order chi connectivity index (χ1) is 16.2. The summed E-state index contributed by atoms with van der Waals surface area (Å²) < 4.78 is 13.4. The van der Waals surface area contributed by atoms with E-state index >= 15 is 0 Å². The Morgan fingerprint density at radius 1 is 0.971 bits per heavy atom. The third-order valence-electron chi connectivity index (χ3n) is 6.39. The Balaban J connectivity index is 1.72. The van der Waals surface area contributed by atoms with E-state index in [0.717, 1.165) is 22.0 Å². The molecule has 4 N–H and O–H groups in total. The van der Waals surface area contributed by atoms with Crippen LogP contribution in [0.15, 0.2) is 42.5 Å². The average Bonchev–Trinajstić information content (AvgIpc) is 3.19. The van der Waals surface area contributed by atoms with Crippen LogP contribution in [0.1, 0.15) is 56.3 Å². The van der Waals surface area contributed by atoms with E-state index in [4.69, 9.17) is 9.47 Å². The minimum atomic E-state index is -1.52. The molecule has 4 rings (SSSR count). The van der Waals surface area contributed by atoms with Crippen molar-refractivity contribution in [3.8, 4) is 5.88 Å². The van der Waals surface area contributed by atoms with Crippen LogP contribution in [0, 0.1) is 0 Å². The Bertz CT molecular complexity index is 1110. The zero-order chi connectivity index (χ0) is 24.6. The summed E-state index contributed by atoms with van der Waals surface area (Å²) >= 11 is 0. The number of aliphatic hydroxyl groups is 4. The molecule has 0 saturated carbocycles. The number of hydrogen-bond acceptors (Lipinski definition) is 7. The Morgan fingerprint density at radius 3 is 2.29 bits per heavy atom. The molecular formula is C26H34N2O6. The van der Waals surface area contributed by atoms with Crippen molar-refractivity contribution in [2.75, 3.05) is 6.61 Å². The molecule has 184 valence electrons. The third-order valence-corrected chi connectivity index (χ3v) is 6.39. The van der Waals surface area contributed by atoms with Crippen LogP contribution in [-0.2, 0) is 11.2 Å². The molecule has 0 bridgehead atoms. The van der Waals surface area contributed by atoms with Crippen LogP contribution in [-0.4, -0.2) is 67.5 Å². The molecule has 2 heterocycles. The van der Waals surface area contributed by atoms with Gasteiger partial charge in [-0.15, -0.1) is 5.10 Å². The monoisotopic (exact) mass is 470 g/mol. The summed E-state index contributed by atoms with van der Waals surface area (Å²) in [7, 11) is 0. The minimum absolute atomic E-state index is 0.0511. The molecule has 0 unspecified atom stereocenters. The fourth-order valence-corrected chi connectivity index (χ4v) is 4.36. The normalized spacial score (nSPS) is 25.4. The molecule has 34 heavy (non-hydrogen) atoms. The van der Waals surface area contributed by atoms with E-state index in [1.807, 2.05) is 36.7 Å². The van der Waals surface area contributed by atoms with Crippen molar-refractivity contribution >= 4 is 10.9 Å². The molecule has 1 aromatic heterocycles. The zero-order valence-electron chi connectivity index (χ0n) is 20.0. The van der Waals surface area contributed by atoms with Crippen molar-refractivity contribution in [3.05, 3.63) is 59.2 Å². The molecule has 0 aliphatic carbocycles. The zero-order valence-corrected chi connectivity index (χ0v) is 20.0. The number of ether oxygens (including phenoxy) is 2. The fourth-order valence-electron chi connectivity index (χ4n) is 4.36. The van der Waals surface area contributed by atoms with Gasteiger partial charge in [-0.1, -0.05) is 50.2 Å². The summed E-state index contributed by atoms with van der Waals surface area (Å²) in [6, 6.07) is 14.6. The summed E-state index contributed by atoms with van der Waals surface area (Å²) in [4.78, 5) is 0. The predicted molar refractivity (Wildman–Crippen MR) is 128 cm³/mol. The van der Waals surface area contributed by atoms with E-state index in [9.17, 15) is 20.4 Å². The molecule has 0 spiro atoms. The molecule has 0 radical (unpaired) electrons. The third kappa shape index (κ3) is 4.69. The summed E-state index contributed by atoms with van der Waals surface area (Å²) in [6.45, 7) is 7.84. The van der Waals surface area contributed by atoms with Crippen LogP contribution in [0.4, 0.5) is 0 Å². The number of benzene rings is 2. The lowest BCUT2D eigenvalue weighted by Crippen LogP contribution is -2.60.